The maximum Gasteiger partial charge on any atom is 0.401 e. The molecular formula is C9H15ClF3NO. The van der Waals surface area contributed by atoms with Gasteiger partial charge in [0.05, 0.1) is 19.8 Å². The van der Waals surface area contributed by atoms with Crippen molar-refractivity contribution in [2.75, 3.05) is 32.2 Å². The molecular weight excluding hydrogens is 231 g/mol. The van der Waals surface area contributed by atoms with Crippen LogP contribution < -0.4 is 0 Å². The van der Waals surface area contributed by atoms with Crippen molar-refractivity contribution in [3.63, 3.8) is 0 Å². The highest BCUT2D eigenvalue weighted by Gasteiger charge is 2.37. The Morgan fingerprint density at radius 3 is 2.40 bits per heavy atom. The third kappa shape index (κ3) is 6.22. The topological polar surface area (TPSA) is 12.5 Å². The van der Waals surface area contributed by atoms with Crippen molar-refractivity contribution in [3.8, 4) is 0 Å². The van der Waals surface area contributed by atoms with Gasteiger partial charge in [-0.15, -0.1) is 11.6 Å². The van der Waals surface area contributed by atoms with Crippen LogP contribution in [0.1, 0.15) is 12.8 Å². The van der Waals surface area contributed by atoms with Crippen LogP contribution in [0.15, 0.2) is 0 Å². The lowest BCUT2D eigenvalue weighted by atomic mass is 10.4. The Labute approximate surface area is 92.3 Å². The van der Waals surface area contributed by atoms with Gasteiger partial charge in [-0.05, 0) is 12.8 Å². The van der Waals surface area contributed by atoms with Crippen LogP contribution in [0.3, 0.4) is 0 Å². The maximum atomic E-state index is 12.2. The van der Waals surface area contributed by atoms with Crippen molar-refractivity contribution >= 4 is 11.6 Å². The molecule has 1 aliphatic carbocycles. The summed E-state index contributed by atoms with van der Waals surface area (Å²) >= 11 is 5.38. The van der Waals surface area contributed by atoms with Gasteiger partial charge in [0.15, 0.2) is 0 Å². The zero-order chi connectivity index (χ0) is 11.3. The molecule has 0 N–H and O–H groups in total. The molecule has 0 aromatic heterocycles. The second-order valence-electron chi connectivity index (χ2n) is 3.62. The highest BCUT2D eigenvalue weighted by Crippen LogP contribution is 2.29. The van der Waals surface area contributed by atoms with Crippen molar-refractivity contribution in [2.24, 2.45) is 0 Å². The van der Waals surface area contributed by atoms with Gasteiger partial charge in [0.25, 0.3) is 0 Å². The average molecular weight is 246 g/mol. The molecule has 1 saturated carbocycles. The van der Waals surface area contributed by atoms with Gasteiger partial charge < -0.3 is 4.74 Å². The Bertz CT molecular complexity index is 185. The molecule has 0 aromatic rings. The van der Waals surface area contributed by atoms with Crippen LogP contribution in [0.2, 0.25) is 0 Å². The minimum Gasteiger partial charge on any atom is -0.379 e. The van der Waals surface area contributed by atoms with Gasteiger partial charge in [-0.25, -0.2) is 0 Å². The van der Waals surface area contributed by atoms with Gasteiger partial charge in [-0.3, -0.25) is 4.90 Å². The molecule has 0 amide bonds. The third-order valence-corrected chi connectivity index (χ3v) is 2.34. The van der Waals surface area contributed by atoms with Crippen LogP contribution in [-0.2, 0) is 4.74 Å². The lowest BCUT2D eigenvalue weighted by Gasteiger charge is -2.22. The normalized spacial score (nSPS) is 17.4. The summed E-state index contributed by atoms with van der Waals surface area (Å²) in [5.74, 6) is 0.378. The lowest BCUT2D eigenvalue weighted by molar-refractivity contribution is -0.148. The zero-order valence-electron chi connectivity index (χ0n) is 8.39. The van der Waals surface area contributed by atoms with Gasteiger partial charge in [-0.1, -0.05) is 0 Å². The average Bonchev–Trinajstić information content (AvgIpc) is 2.91. The van der Waals surface area contributed by atoms with Crippen LogP contribution in [0.5, 0.6) is 0 Å². The van der Waals surface area contributed by atoms with E-state index in [9.17, 15) is 13.2 Å². The fraction of sp³-hybridized carbons (Fsp3) is 1.00. The van der Waals surface area contributed by atoms with E-state index in [1.807, 2.05) is 0 Å². The first-order valence-corrected chi connectivity index (χ1v) is 5.51. The predicted octanol–water partition coefficient (Wildman–Crippen LogP) is 2.27. The Morgan fingerprint density at radius 2 is 1.93 bits per heavy atom. The Kier molecular flexibility index (Phi) is 5.15. The Morgan fingerprint density at radius 1 is 1.27 bits per heavy atom. The first-order valence-electron chi connectivity index (χ1n) is 4.97. The molecule has 1 aliphatic rings. The highest BCUT2D eigenvalue weighted by molar-refractivity contribution is 6.17. The molecule has 1 rings (SSSR count). The number of hydrogen-bond acceptors (Lipinski definition) is 2. The summed E-state index contributed by atoms with van der Waals surface area (Å²) in [6.07, 6.45) is -2.38. The van der Waals surface area contributed by atoms with Crippen molar-refractivity contribution in [1.82, 2.24) is 4.90 Å². The maximum absolute atomic E-state index is 12.2. The second kappa shape index (κ2) is 5.92. The molecule has 0 atom stereocenters. The Balaban J connectivity index is 2.19. The molecule has 15 heavy (non-hydrogen) atoms. The van der Waals surface area contributed by atoms with Crippen molar-refractivity contribution < 1.29 is 17.9 Å². The molecule has 90 valence electrons. The number of ether oxygens (including phenoxy) is 1. The van der Waals surface area contributed by atoms with Gasteiger partial charge in [-0.2, -0.15) is 13.2 Å². The summed E-state index contributed by atoms with van der Waals surface area (Å²) in [6, 6.07) is 0.103. The van der Waals surface area contributed by atoms with E-state index in [0.29, 0.717) is 25.6 Å². The predicted molar refractivity (Wildman–Crippen MR) is 52.2 cm³/mol. The molecule has 0 bridgehead atoms. The molecule has 0 heterocycles. The van der Waals surface area contributed by atoms with E-state index in [1.165, 1.54) is 4.90 Å². The molecule has 0 radical (unpaired) electrons. The van der Waals surface area contributed by atoms with Crippen LogP contribution in [0.25, 0.3) is 0 Å². The quantitative estimate of drug-likeness (QED) is 0.504. The minimum atomic E-state index is -4.12. The molecule has 0 aliphatic heterocycles. The van der Waals surface area contributed by atoms with Gasteiger partial charge in [0, 0.05) is 18.5 Å². The summed E-state index contributed by atoms with van der Waals surface area (Å²) in [5, 5.41) is 0. The molecule has 1 fully saturated rings. The summed E-state index contributed by atoms with van der Waals surface area (Å²) < 4.78 is 41.6. The monoisotopic (exact) mass is 245 g/mol. The standard InChI is InChI=1S/C9H15ClF3NO/c10-3-5-15-6-4-14(8-1-2-8)7-9(11,12)13/h8H,1-7H2. The number of halogens is 4. The number of hydrogen-bond donors (Lipinski definition) is 0. The van der Waals surface area contributed by atoms with E-state index in [2.05, 4.69) is 0 Å². The Hall–Kier alpha value is 0. The van der Waals surface area contributed by atoms with Crippen LogP contribution >= 0.6 is 11.6 Å². The van der Waals surface area contributed by atoms with Crippen molar-refractivity contribution in [2.45, 2.75) is 25.1 Å². The number of nitrogens with zero attached hydrogens (tertiary/aromatic N) is 1. The summed E-state index contributed by atoms with van der Waals surface area (Å²) in [4.78, 5) is 1.44. The van der Waals surface area contributed by atoms with E-state index in [-0.39, 0.29) is 6.04 Å². The van der Waals surface area contributed by atoms with Crippen LogP contribution in [-0.4, -0.2) is 49.3 Å². The van der Waals surface area contributed by atoms with E-state index in [4.69, 9.17) is 16.3 Å². The van der Waals surface area contributed by atoms with Gasteiger partial charge >= 0.3 is 6.18 Å². The largest absolute Gasteiger partial charge is 0.401 e. The minimum absolute atomic E-state index is 0.103. The molecule has 0 spiro atoms. The van der Waals surface area contributed by atoms with Crippen molar-refractivity contribution in [3.05, 3.63) is 0 Å². The molecule has 0 aromatic carbocycles. The van der Waals surface area contributed by atoms with Gasteiger partial charge in [0.1, 0.15) is 0 Å². The highest BCUT2D eigenvalue weighted by atomic mass is 35.5. The second-order valence-corrected chi connectivity index (χ2v) is 4.00. The molecule has 6 heteroatoms. The van der Waals surface area contributed by atoms with E-state index < -0.39 is 12.7 Å². The molecule has 0 saturated heterocycles. The third-order valence-electron chi connectivity index (χ3n) is 2.19. The first kappa shape index (κ1) is 13.1. The SMILES string of the molecule is FC(F)(F)CN(CCOCCCl)C1CC1. The van der Waals surface area contributed by atoms with Crippen molar-refractivity contribution in [1.29, 1.82) is 0 Å². The van der Waals surface area contributed by atoms with E-state index in [0.717, 1.165) is 12.8 Å². The lowest BCUT2D eigenvalue weighted by Crippen LogP contribution is -2.38. The van der Waals surface area contributed by atoms with Crippen LogP contribution in [0, 0.1) is 0 Å². The fourth-order valence-corrected chi connectivity index (χ4v) is 1.51. The van der Waals surface area contributed by atoms with Crippen LogP contribution in [0.4, 0.5) is 13.2 Å². The van der Waals surface area contributed by atoms with Gasteiger partial charge in [0.2, 0.25) is 0 Å². The number of alkyl halides is 4. The molecule has 0 unspecified atom stereocenters. The van der Waals surface area contributed by atoms with E-state index >= 15 is 0 Å². The molecule has 2 nitrogen and oxygen atoms in total. The smallest absolute Gasteiger partial charge is 0.379 e. The summed E-state index contributed by atoms with van der Waals surface area (Å²) in [6.45, 7) is 0.217. The summed E-state index contributed by atoms with van der Waals surface area (Å²) in [7, 11) is 0. The number of rotatable bonds is 7. The first-order chi connectivity index (χ1) is 7.03. The summed E-state index contributed by atoms with van der Waals surface area (Å²) in [5.41, 5.74) is 0. The fourth-order valence-electron chi connectivity index (χ4n) is 1.40. The zero-order valence-corrected chi connectivity index (χ0v) is 9.15. The van der Waals surface area contributed by atoms with E-state index in [1.54, 1.807) is 0 Å².